The minimum absolute atomic E-state index is 0.208. The molecule has 0 bridgehead atoms. The van der Waals surface area contributed by atoms with Gasteiger partial charge in [-0.1, -0.05) is 60.7 Å². The Morgan fingerprint density at radius 1 is 0.750 bits per heavy atom. The summed E-state index contributed by atoms with van der Waals surface area (Å²) in [6.07, 6.45) is 1.84. The van der Waals surface area contributed by atoms with Crippen molar-refractivity contribution in [2.75, 3.05) is 4.81 Å². The van der Waals surface area contributed by atoms with E-state index in [1.165, 1.54) is 0 Å². The first kappa shape index (κ1) is 14.9. The van der Waals surface area contributed by atoms with E-state index >= 15 is 0 Å². The van der Waals surface area contributed by atoms with Crippen LogP contribution in [0.15, 0.2) is 85.1 Å². The van der Waals surface area contributed by atoms with E-state index in [1.54, 1.807) is 0 Å². The number of fused-ring (bicyclic) bond motifs is 11. The lowest BCUT2D eigenvalue weighted by molar-refractivity contribution is 0.595. The molecule has 5 heteroatoms. The SMILES string of the molecule is O=P12B3c4ccccc4-c4ncccc4N3c3cccc(c31)-c1ccccc12. The Balaban J connectivity index is 1.68. The Kier molecular flexibility index (Phi) is 2.58. The summed E-state index contributed by atoms with van der Waals surface area (Å²) in [5.74, 6) is 0. The normalized spacial score (nSPS) is 19.6. The van der Waals surface area contributed by atoms with Gasteiger partial charge in [-0.05, 0) is 40.4 Å². The molecule has 0 amide bonds. The zero-order chi connectivity index (χ0) is 18.5. The van der Waals surface area contributed by atoms with Crippen molar-refractivity contribution in [3.8, 4) is 22.4 Å². The van der Waals surface area contributed by atoms with Gasteiger partial charge in [0.25, 0.3) is 0 Å². The van der Waals surface area contributed by atoms with Crippen LogP contribution < -0.4 is 20.9 Å². The fraction of sp³-hybridized carbons (Fsp3) is 0. The van der Waals surface area contributed by atoms with Crippen LogP contribution in [0.3, 0.4) is 0 Å². The summed E-state index contributed by atoms with van der Waals surface area (Å²) in [5.41, 5.74) is 7.51. The number of rotatable bonds is 0. The summed E-state index contributed by atoms with van der Waals surface area (Å²) in [5, 5.41) is 2.01. The fourth-order valence-electron chi connectivity index (χ4n) is 5.29. The number of nitrogens with zero attached hydrogens (tertiary/aromatic N) is 2. The second kappa shape index (κ2) is 4.84. The van der Waals surface area contributed by atoms with Crippen LogP contribution in [-0.4, -0.2) is 11.6 Å². The maximum absolute atomic E-state index is 15.0. The molecular formula is C23H14BN2OP. The number of aromatic nitrogens is 1. The van der Waals surface area contributed by atoms with E-state index in [2.05, 4.69) is 53.3 Å². The van der Waals surface area contributed by atoms with Gasteiger partial charge in [0.05, 0.1) is 11.4 Å². The van der Waals surface area contributed by atoms with E-state index in [-0.39, 0.29) is 6.57 Å². The minimum Gasteiger partial charge on any atom is -0.372 e. The highest BCUT2D eigenvalue weighted by atomic mass is 31.2. The van der Waals surface area contributed by atoms with E-state index in [4.69, 9.17) is 4.98 Å². The highest BCUT2D eigenvalue weighted by Gasteiger charge is 2.60. The predicted octanol–water partition coefficient (Wildman–Crippen LogP) is 3.90. The maximum atomic E-state index is 15.0. The molecule has 7 rings (SSSR count). The molecule has 1 unspecified atom stereocenters. The van der Waals surface area contributed by atoms with Gasteiger partial charge in [0, 0.05) is 22.5 Å². The second-order valence-electron chi connectivity index (χ2n) is 7.55. The number of benzene rings is 3. The van der Waals surface area contributed by atoms with E-state index in [9.17, 15) is 4.57 Å². The average Bonchev–Trinajstić information content (AvgIpc) is 3.19. The highest BCUT2D eigenvalue weighted by molar-refractivity contribution is 8.09. The number of hydrogen-bond donors (Lipinski definition) is 0. The molecule has 4 heterocycles. The van der Waals surface area contributed by atoms with Crippen LogP contribution >= 0.6 is 7.02 Å². The van der Waals surface area contributed by atoms with Crippen LogP contribution in [0.4, 0.5) is 11.4 Å². The molecule has 0 saturated carbocycles. The number of pyridine rings is 1. The lowest BCUT2D eigenvalue weighted by Gasteiger charge is -2.34. The van der Waals surface area contributed by atoms with Crippen LogP contribution in [0, 0.1) is 0 Å². The highest BCUT2D eigenvalue weighted by Crippen LogP contribution is 2.65. The van der Waals surface area contributed by atoms with Gasteiger partial charge in [-0.3, -0.25) is 4.98 Å². The lowest BCUT2D eigenvalue weighted by atomic mass is 9.70. The van der Waals surface area contributed by atoms with E-state index in [0.717, 1.165) is 49.8 Å². The molecule has 0 N–H and O–H groups in total. The molecule has 0 aliphatic carbocycles. The van der Waals surface area contributed by atoms with Crippen molar-refractivity contribution in [1.29, 1.82) is 0 Å². The van der Waals surface area contributed by atoms with Gasteiger partial charge < -0.3 is 9.38 Å². The van der Waals surface area contributed by atoms with E-state index < -0.39 is 7.02 Å². The molecule has 3 aromatic carbocycles. The van der Waals surface area contributed by atoms with E-state index in [0.29, 0.717) is 0 Å². The molecule has 3 aliphatic rings. The van der Waals surface area contributed by atoms with Crippen molar-refractivity contribution in [1.82, 2.24) is 4.98 Å². The summed E-state index contributed by atoms with van der Waals surface area (Å²) in [6.45, 7) is -0.208. The van der Waals surface area contributed by atoms with Gasteiger partial charge >= 0.3 is 6.57 Å². The van der Waals surface area contributed by atoms with Gasteiger partial charge in [-0.25, -0.2) is 0 Å². The first-order chi connectivity index (χ1) is 13.8. The number of hydrogen-bond acceptors (Lipinski definition) is 3. The summed E-state index contributed by atoms with van der Waals surface area (Å²) in [7, 11) is -2.86. The number of anilines is 2. The summed E-state index contributed by atoms with van der Waals surface area (Å²) >= 11 is 0. The summed E-state index contributed by atoms with van der Waals surface area (Å²) in [6, 6.07) is 26.9. The van der Waals surface area contributed by atoms with Crippen molar-refractivity contribution in [3.05, 3.63) is 85.1 Å². The first-order valence-corrected chi connectivity index (χ1v) is 11.2. The molecule has 1 aromatic heterocycles. The minimum atomic E-state index is -2.86. The van der Waals surface area contributed by atoms with Crippen LogP contribution in [0.5, 0.6) is 0 Å². The van der Waals surface area contributed by atoms with Crippen molar-refractivity contribution >= 4 is 41.0 Å². The third-order valence-corrected chi connectivity index (χ3v) is 9.73. The molecule has 1 atom stereocenters. The Morgan fingerprint density at radius 2 is 1.50 bits per heavy atom. The Labute approximate surface area is 163 Å². The quantitative estimate of drug-likeness (QED) is 0.345. The smallest absolute Gasteiger partial charge is 0.372 e. The largest absolute Gasteiger partial charge is 0.377 e. The molecule has 0 radical (unpaired) electrons. The standard InChI is InChI=1S/C23H14BN2OP/c27-28-21-13-4-2-7-15(21)16-9-5-11-20(23(16)28)26-19-12-6-14-25-22(19)17-8-1-3-10-18(17)24(26)28/h1-14H. The Hall–Kier alpha value is -3.10. The van der Waals surface area contributed by atoms with Crippen molar-refractivity contribution in [2.24, 2.45) is 0 Å². The third kappa shape index (κ3) is 1.49. The van der Waals surface area contributed by atoms with Crippen molar-refractivity contribution in [2.45, 2.75) is 0 Å². The molecule has 0 fully saturated rings. The molecule has 130 valence electrons. The maximum Gasteiger partial charge on any atom is 0.377 e. The zero-order valence-corrected chi connectivity index (χ0v) is 15.8. The van der Waals surface area contributed by atoms with Gasteiger partial charge in [0.15, 0.2) is 0 Å². The van der Waals surface area contributed by atoms with Crippen LogP contribution in [0.2, 0.25) is 0 Å². The van der Waals surface area contributed by atoms with Gasteiger partial charge in [-0.15, -0.1) is 0 Å². The molecule has 3 nitrogen and oxygen atoms in total. The lowest BCUT2D eigenvalue weighted by Crippen LogP contribution is -2.48. The second-order valence-corrected chi connectivity index (χ2v) is 10.3. The molecule has 4 aromatic rings. The molecule has 28 heavy (non-hydrogen) atoms. The monoisotopic (exact) mass is 376 g/mol. The van der Waals surface area contributed by atoms with Crippen molar-refractivity contribution < 1.29 is 4.57 Å². The summed E-state index contributed by atoms with van der Waals surface area (Å²) in [4.78, 5) is 6.97. The van der Waals surface area contributed by atoms with Crippen molar-refractivity contribution in [3.63, 3.8) is 0 Å². The fourth-order valence-corrected chi connectivity index (χ4v) is 9.16. The van der Waals surface area contributed by atoms with Crippen LogP contribution in [0.25, 0.3) is 22.4 Å². The van der Waals surface area contributed by atoms with Crippen LogP contribution in [-0.2, 0) is 4.57 Å². The third-order valence-electron chi connectivity index (χ3n) is 6.29. The van der Waals surface area contributed by atoms with E-state index in [1.807, 2.05) is 36.5 Å². The Morgan fingerprint density at radius 3 is 2.43 bits per heavy atom. The molecule has 0 spiro atoms. The molecular weight excluding hydrogens is 362 g/mol. The average molecular weight is 376 g/mol. The van der Waals surface area contributed by atoms with Crippen LogP contribution in [0.1, 0.15) is 0 Å². The first-order valence-electron chi connectivity index (χ1n) is 9.47. The predicted molar refractivity (Wildman–Crippen MR) is 116 cm³/mol. The Bertz CT molecular complexity index is 1380. The molecule has 3 aliphatic heterocycles. The van der Waals surface area contributed by atoms with Gasteiger partial charge in [0.1, 0.15) is 7.02 Å². The summed E-state index contributed by atoms with van der Waals surface area (Å²) < 4.78 is 15.0. The van der Waals surface area contributed by atoms with Gasteiger partial charge in [-0.2, -0.15) is 0 Å². The van der Waals surface area contributed by atoms with Gasteiger partial charge in [0.2, 0.25) is 0 Å². The zero-order valence-electron chi connectivity index (χ0n) is 14.9. The molecule has 0 saturated heterocycles. The topological polar surface area (TPSA) is 33.2 Å².